The molecule has 1 aliphatic rings. The van der Waals surface area contributed by atoms with E-state index < -0.39 is 0 Å². The molecule has 1 aliphatic heterocycles. The zero-order chi connectivity index (χ0) is 12.3. The van der Waals surface area contributed by atoms with Gasteiger partial charge in [0.05, 0.1) is 18.6 Å². The van der Waals surface area contributed by atoms with E-state index in [4.69, 9.17) is 14.0 Å². The molecule has 0 radical (unpaired) electrons. The maximum absolute atomic E-state index is 5.56. The molecule has 0 saturated carbocycles. The average molecular weight is 241 g/mol. The number of ether oxygens (including phenoxy) is 2. The van der Waals surface area contributed by atoms with Crippen LogP contribution in [0.5, 0.6) is 0 Å². The first-order valence-corrected chi connectivity index (χ1v) is 5.81. The van der Waals surface area contributed by atoms with Crippen LogP contribution in [0.3, 0.4) is 0 Å². The molecule has 0 bridgehead atoms. The van der Waals surface area contributed by atoms with Crippen LogP contribution in [0.2, 0.25) is 0 Å². The molecule has 1 atom stereocenters. The number of morpholine rings is 1. The lowest BCUT2D eigenvalue weighted by atomic mass is 10.1. The van der Waals surface area contributed by atoms with Crippen molar-refractivity contribution in [1.82, 2.24) is 15.5 Å². The van der Waals surface area contributed by atoms with Crippen molar-refractivity contribution in [1.29, 1.82) is 0 Å². The van der Waals surface area contributed by atoms with Gasteiger partial charge in [-0.3, -0.25) is 0 Å². The predicted molar refractivity (Wildman–Crippen MR) is 60.7 cm³/mol. The monoisotopic (exact) mass is 241 g/mol. The van der Waals surface area contributed by atoms with Gasteiger partial charge in [-0.2, -0.15) is 4.98 Å². The molecule has 6 nitrogen and oxygen atoms in total. The molecule has 1 fully saturated rings. The maximum Gasteiger partial charge on any atom is 0.229 e. The van der Waals surface area contributed by atoms with Crippen molar-refractivity contribution in [3.63, 3.8) is 0 Å². The predicted octanol–water partition coefficient (Wildman–Crippen LogP) is 0.698. The Morgan fingerprint density at radius 1 is 1.53 bits per heavy atom. The van der Waals surface area contributed by atoms with Crippen molar-refractivity contribution in [2.24, 2.45) is 0 Å². The minimum absolute atomic E-state index is 0.105. The van der Waals surface area contributed by atoms with Crippen LogP contribution in [-0.4, -0.2) is 42.5 Å². The van der Waals surface area contributed by atoms with E-state index in [0.717, 1.165) is 13.1 Å². The van der Waals surface area contributed by atoms with Gasteiger partial charge in [0.15, 0.2) is 0 Å². The molecular formula is C11H19N3O3. The molecule has 1 aromatic heterocycles. The molecule has 2 rings (SSSR count). The molecule has 0 amide bonds. The summed E-state index contributed by atoms with van der Waals surface area (Å²) in [7, 11) is 1.67. The van der Waals surface area contributed by atoms with Crippen molar-refractivity contribution in [2.45, 2.75) is 32.0 Å². The fourth-order valence-electron chi connectivity index (χ4n) is 1.64. The molecule has 1 unspecified atom stereocenters. The first-order chi connectivity index (χ1) is 8.11. The highest BCUT2D eigenvalue weighted by atomic mass is 16.5. The second kappa shape index (κ2) is 5.12. The van der Waals surface area contributed by atoms with E-state index in [-0.39, 0.29) is 11.7 Å². The fourth-order valence-corrected chi connectivity index (χ4v) is 1.64. The Balaban J connectivity index is 2.00. The van der Waals surface area contributed by atoms with Gasteiger partial charge in [0.2, 0.25) is 11.7 Å². The van der Waals surface area contributed by atoms with Gasteiger partial charge in [0.1, 0.15) is 6.10 Å². The summed E-state index contributed by atoms with van der Waals surface area (Å²) in [6.45, 7) is 6.24. The largest absolute Gasteiger partial charge is 0.378 e. The van der Waals surface area contributed by atoms with Gasteiger partial charge in [-0.05, 0) is 13.8 Å². The molecule has 1 saturated heterocycles. The Morgan fingerprint density at radius 3 is 3.00 bits per heavy atom. The minimum Gasteiger partial charge on any atom is -0.378 e. The quantitative estimate of drug-likeness (QED) is 0.836. The SMILES string of the molecule is COC(C)(C)Cc1nc(C2CNCCO2)no1. The smallest absolute Gasteiger partial charge is 0.229 e. The molecule has 17 heavy (non-hydrogen) atoms. The highest BCUT2D eigenvalue weighted by molar-refractivity contribution is 4.96. The van der Waals surface area contributed by atoms with E-state index >= 15 is 0 Å². The van der Waals surface area contributed by atoms with Crippen molar-refractivity contribution < 1.29 is 14.0 Å². The number of hydrogen-bond acceptors (Lipinski definition) is 6. The summed E-state index contributed by atoms with van der Waals surface area (Å²) in [6.07, 6.45) is 0.489. The van der Waals surface area contributed by atoms with Gasteiger partial charge in [-0.25, -0.2) is 0 Å². The average Bonchev–Trinajstić information content (AvgIpc) is 2.78. The Labute approximate surface area is 101 Å². The summed E-state index contributed by atoms with van der Waals surface area (Å²) in [6, 6.07) is 0. The normalized spacial score (nSPS) is 21.7. The van der Waals surface area contributed by atoms with E-state index in [1.54, 1.807) is 7.11 Å². The Hall–Kier alpha value is -0.980. The highest BCUT2D eigenvalue weighted by Gasteiger charge is 2.25. The van der Waals surface area contributed by atoms with Crippen LogP contribution in [0.25, 0.3) is 0 Å². The molecule has 1 N–H and O–H groups in total. The van der Waals surface area contributed by atoms with Crippen LogP contribution in [0.15, 0.2) is 4.52 Å². The van der Waals surface area contributed by atoms with Gasteiger partial charge in [0, 0.05) is 20.2 Å². The standard InChI is InChI=1S/C11H19N3O3/c1-11(2,15-3)6-9-13-10(14-17-9)8-7-12-4-5-16-8/h8,12H,4-7H2,1-3H3. The van der Waals surface area contributed by atoms with E-state index in [2.05, 4.69) is 15.5 Å². The van der Waals surface area contributed by atoms with Crippen molar-refractivity contribution in [3.05, 3.63) is 11.7 Å². The van der Waals surface area contributed by atoms with E-state index in [1.165, 1.54) is 0 Å². The second-order valence-electron chi connectivity index (χ2n) is 4.75. The lowest BCUT2D eigenvalue weighted by molar-refractivity contribution is 0.0170. The Kier molecular flexibility index (Phi) is 3.76. The zero-order valence-electron chi connectivity index (χ0n) is 10.5. The van der Waals surface area contributed by atoms with Crippen molar-refractivity contribution in [2.75, 3.05) is 26.8 Å². The van der Waals surface area contributed by atoms with Crippen LogP contribution < -0.4 is 5.32 Å². The number of nitrogens with zero attached hydrogens (tertiary/aromatic N) is 2. The maximum atomic E-state index is 5.56. The summed E-state index contributed by atoms with van der Waals surface area (Å²) in [5, 5.41) is 7.18. The molecule has 0 aromatic carbocycles. The third-order valence-electron chi connectivity index (χ3n) is 2.83. The van der Waals surface area contributed by atoms with Gasteiger partial charge < -0.3 is 19.3 Å². The van der Waals surface area contributed by atoms with Crippen LogP contribution in [0.1, 0.15) is 31.7 Å². The molecule has 0 spiro atoms. The molecule has 6 heteroatoms. The summed E-state index contributed by atoms with van der Waals surface area (Å²) < 4.78 is 16.1. The summed E-state index contributed by atoms with van der Waals surface area (Å²) >= 11 is 0. The molecule has 0 aliphatic carbocycles. The third-order valence-corrected chi connectivity index (χ3v) is 2.83. The van der Waals surface area contributed by atoms with E-state index in [9.17, 15) is 0 Å². The van der Waals surface area contributed by atoms with Crippen LogP contribution in [0, 0.1) is 0 Å². The van der Waals surface area contributed by atoms with Crippen LogP contribution in [-0.2, 0) is 15.9 Å². The molecule has 2 heterocycles. The Morgan fingerprint density at radius 2 is 2.35 bits per heavy atom. The first-order valence-electron chi connectivity index (χ1n) is 5.81. The van der Waals surface area contributed by atoms with Crippen LogP contribution >= 0.6 is 0 Å². The summed E-state index contributed by atoms with van der Waals surface area (Å²) in [5.41, 5.74) is -0.296. The lowest BCUT2D eigenvalue weighted by Crippen LogP contribution is -2.33. The molecule has 96 valence electrons. The summed E-state index contributed by atoms with van der Waals surface area (Å²) in [5.74, 6) is 1.19. The molecule has 1 aromatic rings. The van der Waals surface area contributed by atoms with Crippen molar-refractivity contribution in [3.8, 4) is 0 Å². The lowest BCUT2D eigenvalue weighted by Gasteiger charge is -2.21. The molecular weight excluding hydrogens is 222 g/mol. The van der Waals surface area contributed by atoms with Gasteiger partial charge in [0.25, 0.3) is 0 Å². The first kappa shape index (κ1) is 12.5. The number of aromatic nitrogens is 2. The Bertz CT molecular complexity index is 359. The second-order valence-corrected chi connectivity index (χ2v) is 4.75. The number of rotatable bonds is 4. The van der Waals surface area contributed by atoms with E-state index in [1.807, 2.05) is 13.8 Å². The fraction of sp³-hybridized carbons (Fsp3) is 0.818. The minimum atomic E-state index is -0.296. The van der Waals surface area contributed by atoms with Gasteiger partial charge in [-0.15, -0.1) is 0 Å². The van der Waals surface area contributed by atoms with Gasteiger partial charge >= 0.3 is 0 Å². The van der Waals surface area contributed by atoms with Crippen LogP contribution in [0.4, 0.5) is 0 Å². The number of methoxy groups -OCH3 is 1. The third kappa shape index (κ3) is 3.24. The topological polar surface area (TPSA) is 69.4 Å². The zero-order valence-corrected chi connectivity index (χ0v) is 10.5. The summed E-state index contributed by atoms with van der Waals surface area (Å²) in [4.78, 5) is 4.34. The number of nitrogens with one attached hydrogen (secondary N) is 1. The van der Waals surface area contributed by atoms with E-state index in [0.29, 0.717) is 24.7 Å². The van der Waals surface area contributed by atoms with Crippen molar-refractivity contribution >= 4 is 0 Å². The number of hydrogen-bond donors (Lipinski definition) is 1. The highest BCUT2D eigenvalue weighted by Crippen LogP contribution is 2.19. The van der Waals surface area contributed by atoms with Gasteiger partial charge in [-0.1, -0.05) is 5.16 Å².